The summed E-state index contributed by atoms with van der Waals surface area (Å²) < 4.78 is 1.68. The van der Waals surface area contributed by atoms with Gasteiger partial charge in [-0.15, -0.1) is 10.2 Å². The van der Waals surface area contributed by atoms with Crippen LogP contribution in [0.3, 0.4) is 0 Å². The molecule has 2 amide bonds. The summed E-state index contributed by atoms with van der Waals surface area (Å²) in [5, 5.41) is 7.57. The Labute approximate surface area is 158 Å². The number of carbonyl (C=O) groups is 2. The van der Waals surface area contributed by atoms with Gasteiger partial charge in [-0.25, -0.2) is 4.98 Å². The molecule has 1 spiro atoms. The molecule has 0 N–H and O–H groups in total. The minimum Gasteiger partial charge on any atom is -0.342 e. The van der Waals surface area contributed by atoms with Gasteiger partial charge in [-0.3, -0.25) is 14.2 Å². The predicted molar refractivity (Wildman–Crippen MR) is 98.2 cm³/mol. The van der Waals surface area contributed by atoms with E-state index in [9.17, 15) is 9.59 Å². The van der Waals surface area contributed by atoms with E-state index in [-0.39, 0.29) is 17.2 Å². The second kappa shape index (κ2) is 7.09. The summed E-state index contributed by atoms with van der Waals surface area (Å²) in [5.41, 5.74) is 0.645. The van der Waals surface area contributed by atoms with Gasteiger partial charge in [0.25, 0.3) is 5.91 Å². The summed E-state index contributed by atoms with van der Waals surface area (Å²) in [4.78, 5) is 33.4. The van der Waals surface area contributed by atoms with Crippen molar-refractivity contribution in [2.45, 2.75) is 32.6 Å². The predicted octanol–water partition coefficient (Wildman–Crippen LogP) is 1.53. The Morgan fingerprint density at radius 3 is 2.81 bits per heavy atom. The zero-order valence-corrected chi connectivity index (χ0v) is 15.5. The van der Waals surface area contributed by atoms with Crippen LogP contribution >= 0.6 is 0 Å². The highest BCUT2D eigenvalue weighted by Gasteiger charge is 2.42. The SMILES string of the molecule is CCN1C[C@]2(CCCN(C(=O)c3ccnc(-n4cnnc4)c3)C2)CCC1=O. The summed E-state index contributed by atoms with van der Waals surface area (Å²) in [6, 6.07) is 3.52. The van der Waals surface area contributed by atoms with Crippen molar-refractivity contribution in [2.24, 2.45) is 5.41 Å². The number of likely N-dealkylation sites (tertiary alicyclic amines) is 2. The molecular weight excluding hydrogens is 344 g/mol. The number of pyridine rings is 1. The molecular formula is C19H24N6O2. The van der Waals surface area contributed by atoms with Crippen molar-refractivity contribution >= 4 is 11.8 Å². The van der Waals surface area contributed by atoms with Crippen molar-refractivity contribution in [1.82, 2.24) is 29.5 Å². The zero-order valence-electron chi connectivity index (χ0n) is 15.5. The number of piperidine rings is 2. The average Bonchev–Trinajstić information content (AvgIpc) is 3.25. The normalized spacial score (nSPS) is 23.1. The standard InChI is InChI=1S/C19H24N6O2/c1-2-23-11-19(7-4-17(23)26)6-3-9-24(12-19)18(27)15-5-8-20-16(10-15)25-13-21-22-14-25/h5,8,10,13-14H,2-4,6-7,9,11-12H2,1H3/t19-/m0/s1. The molecule has 27 heavy (non-hydrogen) atoms. The zero-order chi connectivity index (χ0) is 18.9. The molecule has 142 valence electrons. The Morgan fingerprint density at radius 2 is 2.04 bits per heavy atom. The van der Waals surface area contributed by atoms with E-state index in [0.29, 0.717) is 24.3 Å². The molecule has 4 rings (SSSR count). The second-order valence-corrected chi connectivity index (χ2v) is 7.51. The third kappa shape index (κ3) is 3.43. The van der Waals surface area contributed by atoms with E-state index in [1.807, 2.05) is 16.7 Å². The number of nitrogens with zero attached hydrogens (tertiary/aromatic N) is 6. The number of aromatic nitrogens is 4. The molecule has 8 nitrogen and oxygen atoms in total. The maximum atomic E-state index is 13.1. The molecule has 0 saturated carbocycles. The lowest BCUT2D eigenvalue weighted by atomic mass is 9.73. The molecule has 2 aromatic heterocycles. The smallest absolute Gasteiger partial charge is 0.254 e. The lowest BCUT2D eigenvalue weighted by Crippen LogP contribution is -2.55. The van der Waals surface area contributed by atoms with Crippen LogP contribution in [0.4, 0.5) is 0 Å². The van der Waals surface area contributed by atoms with E-state index in [0.717, 1.165) is 38.9 Å². The molecule has 0 radical (unpaired) electrons. The molecule has 2 saturated heterocycles. The van der Waals surface area contributed by atoms with Gasteiger partial charge in [0.1, 0.15) is 18.5 Å². The van der Waals surface area contributed by atoms with E-state index < -0.39 is 0 Å². The van der Waals surface area contributed by atoms with Gasteiger partial charge in [-0.2, -0.15) is 0 Å². The van der Waals surface area contributed by atoms with Gasteiger partial charge in [0, 0.05) is 49.8 Å². The molecule has 0 bridgehead atoms. The van der Waals surface area contributed by atoms with E-state index in [1.54, 1.807) is 35.6 Å². The first-order valence-corrected chi connectivity index (χ1v) is 9.48. The third-order valence-corrected chi connectivity index (χ3v) is 5.75. The minimum atomic E-state index is 0.0192. The van der Waals surface area contributed by atoms with Crippen molar-refractivity contribution in [3.05, 3.63) is 36.5 Å². The van der Waals surface area contributed by atoms with Crippen molar-refractivity contribution in [2.75, 3.05) is 26.2 Å². The Morgan fingerprint density at radius 1 is 1.22 bits per heavy atom. The fourth-order valence-corrected chi connectivity index (χ4v) is 4.30. The molecule has 4 heterocycles. The highest BCUT2D eigenvalue weighted by atomic mass is 16.2. The highest BCUT2D eigenvalue weighted by molar-refractivity contribution is 5.94. The largest absolute Gasteiger partial charge is 0.342 e. The molecule has 2 fully saturated rings. The first kappa shape index (κ1) is 17.6. The summed E-state index contributed by atoms with van der Waals surface area (Å²) >= 11 is 0. The summed E-state index contributed by atoms with van der Waals surface area (Å²) in [6.45, 7) is 4.98. The molecule has 0 aliphatic carbocycles. The van der Waals surface area contributed by atoms with Gasteiger partial charge in [-0.1, -0.05) is 0 Å². The van der Waals surface area contributed by atoms with Crippen molar-refractivity contribution in [3.63, 3.8) is 0 Å². The third-order valence-electron chi connectivity index (χ3n) is 5.75. The number of carbonyl (C=O) groups excluding carboxylic acids is 2. The Bertz CT molecular complexity index is 836. The van der Waals surface area contributed by atoms with Gasteiger partial charge in [0.05, 0.1) is 0 Å². The first-order chi connectivity index (χ1) is 13.1. The molecule has 0 aromatic carbocycles. The van der Waals surface area contributed by atoms with E-state index in [4.69, 9.17) is 0 Å². The van der Waals surface area contributed by atoms with Crippen LogP contribution < -0.4 is 0 Å². The highest BCUT2D eigenvalue weighted by Crippen LogP contribution is 2.39. The molecule has 2 aliphatic heterocycles. The fourth-order valence-electron chi connectivity index (χ4n) is 4.30. The lowest BCUT2D eigenvalue weighted by molar-refractivity contribution is -0.138. The first-order valence-electron chi connectivity index (χ1n) is 9.48. The van der Waals surface area contributed by atoms with Crippen LogP contribution in [0.1, 0.15) is 43.0 Å². The summed E-state index contributed by atoms with van der Waals surface area (Å²) in [6.07, 6.45) is 8.26. The summed E-state index contributed by atoms with van der Waals surface area (Å²) in [7, 11) is 0. The average molecular weight is 368 g/mol. The Kier molecular flexibility index (Phi) is 4.63. The van der Waals surface area contributed by atoms with Crippen LogP contribution in [0.15, 0.2) is 31.0 Å². The van der Waals surface area contributed by atoms with Crippen LogP contribution in [0, 0.1) is 5.41 Å². The van der Waals surface area contributed by atoms with E-state index in [1.165, 1.54) is 0 Å². The van der Waals surface area contributed by atoms with E-state index >= 15 is 0 Å². The van der Waals surface area contributed by atoms with Crippen LogP contribution in [-0.4, -0.2) is 67.5 Å². The maximum absolute atomic E-state index is 13.1. The number of rotatable bonds is 3. The summed E-state index contributed by atoms with van der Waals surface area (Å²) in [5.74, 6) is 0.878. The van der Waals surface area contributed by atoms with Gasteiger partial charge >= 0.3 is 0 Å². The number of amides is 2. The van der Waals surface area contributed by atoms with Crippen molar-refractivity contribution in [1.29, 1.82) is 0 Å². The van der Waals surface area contributed by atoms with Crippen LogP contribution in [-0.2, 0) is 4.79 Å². The monoisotopic (exact) mass is 368 g/mol. The fraction of sp³-hybridized carbons (Fsp3) is 0.526. The van der Waals surface area contributed by atoms with Crippen LogP contribution in [0.5, 0.6) is 0 Å². The van der Waals surface area contributed by atoms with Gasteiger partial charge in [0.2, 0.25) is 5.91 Å². The minimum absolute atomic E-state index is 0.0192. The maximum Gasteiger partial charge on any atom is 0.254 e. The van der Waals surface area contributed by atoms with Gasteiger partial charge in [0.15, 0.2) is 0 Å². The molecule has 8 heteroatoms. The van der Waals surface area contributed by atoms with E-state index in [2.05, 4.69) is 15.2 Å². The van der Waals surface area contributed by atoms with Crippen molar-refractivity contribution < 1.29 is 9.59 Å². The molecule has 1 atom stereocenters. The van der Waals surface area contributed by atoms with Crippen molar-refractivity contribution in [3.8, 4) is 5.82 Å². The molecule has 0 unspecified atom stereocenters. The topological polar surface area (TPSA) is 84.2 Å². The Hall–Kier alpha value is -2.77. The Balaban J connectivity index is 1.52. The second-order valence-electron chi connectivity index (χ2n) is 7.51. The van der Waals surface area contributed by atoms with Crippen LogP contribution in [0.2, 0.25) is 0 Å². The van der Waals surface area contributed by atoms with Gasteiger partial charge in [-0.05, 0) is 38.3 Å². The van der Waals surface area contributed by atoms with Gasteiger partial charge < -0.3 is 9.80 Å². The quantitative estimate of drug-likeness (QED) is 0.820. The number of hydrogen-bond acceptors (Lipinski definition) is 5. The lowest BCUT2D eigenvalue weighted by Gasteiger charge is -2.48. The number of hydrogen-bond donors (Lipinski definition) is 0. The van der Waals surface area contributed by atoms with Crippen LogP contribution in [0.25, 0.3) is 5.82 Å². The molecule has 2 aromatic rings. The molecule has 2 aliphatic rings.